The van der Waals surface area contributed by atoms with Crippen LogP contribution in [0.3, 0.4) is 0 Å². The first kappa shape index (κ1) is 12.1. The Balaban J connectivity index is 1.55. The predicted molar refractivity (Wildman–Crippen MR) is 68.8 cm³/mol. The third-order valence-electron chi connectivity index (χ3n) is 4.43. The van der Waals surface area contributed by atoms with Crippen LogP contribution in [-0.4, -0.2) is 30.1 Å². The van der Waals surface area contributed by atoms with Crippen molar-refractivity contribution < 1.29 is 9.13 Å². The minimum Gasteiger partial charge on any atom is -0.373 e. The lowest BCUT2D eigenvalue weighted by molar-refractivity contribution is -0.0212. The van der Waals surface area contributed by atoms with Crippen LogP contribution in [0.5, 0.6) is 0 Å². The topological polar surface area (TPSA) is 12.5 Å². The first-order chi connectivity index (χ1) is 8.72. The highest BCUT2D eigenvalue weighted by atomic mass is 19.1. The molecular formula is C15H20FNO. The van der Waals surface area contributed by atoms with Gasteiger partial charge >= 0.3 is 0 Å². The number of nitrogens with zero attached hydrogens (tertiary/aromatic N) is 1. The van der Waals surface area contributed by atoms with Crippen LogP contribution in [0, 0.1) is 5.82 Å². The zero-order valence-corrected chi connectivity index (χ0v) is 10.8. The number of fused-ring (bicyclic) bond motifs is 2. The van der Waals surface area contributed by atoms with Gasteiger partial charge in [-0.15, -0.1) is 0 Å². The predicted octanol–water partition coefficient (Wildman–Crippen LogP) is 2.97. The lowest BCUT2D eigenvalue weighted by Crippen LogP contribution is -2.42. The third-order valence-corrected chi connectivity index (χ3v) is 4.43. The SMILES string of the molecule is CN1C2CCC1CC(OCc1cccc(F)c1)C2. The number of halogens is 1. The fourth-order valence-electron chi connectivity index (χ4n) is 3.34. The minimum atomic E-state index is -0.181. The molecule has 0 N–H and O–H groups in total. The van der Waals surface area contributed by atoms with Gasteiger partial charge in [0.1, 0.15) is 5.82 Å². The molecule has 2 bridgehead atoms. The van der Waals surface area contributed by atoms with Crippen molar-refractivity contribution in [3.8, 4) is 0 Å². The molecule has 3 heteroatoms. The molecule has 2 aliphatic rings. The summed E-state index contributed by atoms with van der Waals surface area (Å²) in [4.78, 5) is 2.50. The van der Waals surface area contributed by atoms with Gasteiger partial charge in [-0.1, -0.05) is 12.1 Å². The molecule has 0 aliphatic carbocycles. The molecular weight excluding hydrogens is 229 g/mol. The molecule has 2 nitrogen and oxygen atoms in total. The van der Waals surface area contributed by atoms with Gasteiger partial charge in [0, 0.05) is 12.1 Å². The van der Waals surface area contributed by atoms with Crippen molar-refractivity contribution >= 4 is 0 Å². The van der Waals surface area contributed by atoms with Crippen LogP contribution in [0.2, 0.25) is 0 Å². The number of benzene rings is 1. The Bertz CT molecular complexity index is 409. The smallest absolute Gasteiger partial charge is 0.123 e. The van der Waals surface area contributed by atoms with Gasteiger partial charge in [-0.2, -0.15) is 0 Å². The average Bonchev–Trinajstić information content (AvgIpc) is 2.60. The maximum absolute atomic E-state index is 13.1. The van der Waals surface area contributed by atoms with Gasteiger partial charge in [-0.05, 0) is 50.4 Å². The zero-order valence-electron chi connectivity index (χ0n) is 10.8. The highest BCUT2D eigenvalue weighted by Crippen LogP contribution is 2.35. The van der Waals surface area contributed by atoms with Crippen molar-refractivity contribution in [2.24, 2.45) is 0 Å². The van der Waals surface area contributed by atoms with Crippen molar-refractivity contribution in [3.05, 3.63) is 35.6 Å². The van der Waals surface area contributed by atoms with Crippen molar-refractivity contribution in [1.82, 2.24) is 4.90 Å². The summed E-state index contributed by atoms with van der Waals surface area (Å²) in [5.41, 5.74) is 0.932. The summed E-state index contributed by atoms with van der Waals surface area (Å²) in [7, 11) is 2.23. The van der Waals surface area contributed by atoms with E-state index < -0.39 is 0 Å². The molecule has 2 atom stereocenters. The lowest BCUT2D eigenvalue weighted by atomic mass is 10.0. The van der Waals surface area contributed by atoms with Crippen molar-refractivity contribution in [3.63, 3.8) is 0 Å². The second kappa shape index (κ2) is 4.98. The first-order valence-corrected chi connectivity index (χ1v) is 6.80. The highest BCUT2D eigenvalue weighted by Gasteiger charge is 2.38. The molecule has 2 aliphatic heterocycles. The van der Waals surface area contributed by atoms with E-state index in [1.165, 1.54) is 18.9 Å². The summed E-state index contributed by atoms with van der Waals surface area (Å²) in [6, 6.07) is 8.09. The normalized spacial score (nSPS) is 31.8. The fraction of sp³-hybridized carbons (Fsp3) is 0.600. The van der Waals surface area contributed by atoms with Crippen molar-refractivity contribution in [2.75, 3.05) is 7.05 Å². The first-order valence-electron chi connectivity index (χ1n) is 6.80. The van der Waals surface area contributed by atoms with E-state index in [4.69, 9.17) is 4.74 Å². The second-order valence-electron chi connectivity index (χ2n) is 5.58. The van der Waals surface area contributed by atoms with Crippen molar-refractivity contribution in [1.29, 1.82) is 0 Å². The van der Waals surface area contributed by atoms with Crippen LogP contribution >= 0.6 is 0 Å². The third kappa shape index (κ3) is 2.43. The van der Waals surface area contributed by atoms with Gasteiger partial charge < -0.3 is 9.64 Å². The molecule has 2 heterocycles. The molecule has 2 unspecified atom stereocenters. The van der Waals surface area contributed by atoms with Crippen LogP contribution in [0.15, 0.2) is 24.3 Å². The van der Waals surface area contributed by atoms with Crippen LogP contribution in [0.1, 0.15) is 31.2 Å². The quantitative estimate of drug-likeness (QED) is 0.816. The summed E-state index contributed by atoms with van der Waals surface area (Å²) in [5, 5.41) is 0. The summed E-state index contributed by atoms with van der Waals surface area (Å²) in [6.45, 7) is 0.533. The Morgan fingerprint density at radius 1 is 1.28 bits per heavy atom. The molecule has 1 aromatic rings. The number of hydrogen-bond donors (Lipinski definition) is 0. The van der Waals surface area contributed by atoms with Crippen molar-refractivity contribution in [2.45, 2.75) is 50.5 Å². The zero-order chi connectivity index (χ0) is 12.5. The van der Waals surface area contributed by atoms with E-state index in [-0.39, 0.29) is 5.82 Å². The number of hydrogen-bond acceptors (Lipinski definition) is 2. The molecule has 18 heavy (non-hydrogen) atoms. The van der Waals surface area contributed by atoms with E-state index in [1.54, 1.807) is 12.1 Å². The standard InChI is InChI=1S/C15H20FNO/c1-17-13-5-6-14(17)9-15(8-13)18-10-11-3-2-4-12(16)7-11/h2-4,7,13-15H,5-6,8-10H2,1H3. The lowest BCUT2D eigenvalue weighted by Gasteiger charge is -2.36. The Kier molecular flexibility index (Phi) is 3.35. The number of rotatable bonds is 3. The molecule has 0 radical (unpaired) electrons. The molecule has 0 saturated carbocycles. The molecule has 98 valence electrons. The van der Waals surface area contributed by atoms with E-state index in [0.29, 0.717) is 24.8 Å². The van der Waals surface area contributed by atoms with Gasteiger partial charge in [0.05, 0.1) is 12.7 Å². The fourth-order valence-corrected chi connectivity index (χ4v) is 3.34. The van der Waals surface area contributed by atoms with Crippen LogP contribution in [0.25, 0.3) is 0 Å². The monoisotopic (exact) mass is 249 g/mol. The Morgan fingerprint density at radius 2 is 2.00 bits per heavy atom. The highest BCUT2D eigenvalue weighted by molar-refractivity contribution is 5.15. The van der Waals surface area contributed by atoms with E-state index >= 15 is 0 Å². The summed E-state index contributed by atoms with van der Waals surface area (Å²) in [6.07, 6.45) is 5.22. The molecule has 0 spiro atoms. The average molecular weight is 249 g/mol. The summed E-state index contributed by atoms with van der Waals surface area (Å²) >= 11 is 0. The number of piperidine rings is 1. The largest absolute Gasteiger partial charge is 0.373 e. The van der Waals surface area contributed by atoms with Gasteiger partial charge in [0.2, 0.25) is 0 Å². The molecule has 3 rings (SSSR count). The number of ether oxygens (including phenoxy) is 1. The molecule has 1 aromatic carbocycles. The van der Waals surface area contributed by atoms with Gasteiger partial charge in [0.25, 0.3) is 0 Å². The van der Waals surface area contributed by atoms with E-state index in [9.17, 15) is 4.39 Å². The minimum absolute atomic E-state index is 0.181. The summed E-state index contributed by atoms with van der Waals surface area (Å²) < 4.78 is 19.0. The molecule has 2 saturated heterocycles. The van der Waals surface area contributed by atoms with E-state index in [1.807, 2.05) is 6.07 Å². The molecule has 0 aromatic heterocycles. The molecule has 0 amide bonds. The van der Waals surface area contributed by atoms with Crippen LogP contribution in [0.4, 0.5) is 4.39 Å². The Hall–Kier alpha value is -0.930. The second-order valence-corrected chi connectivity index (χ2v) is 5.58. The van der Waals surface area contributed by atoms with E-state index in [2.05, 4.69) is 11.9 Å². The Morgan fingerprint density at radius 3 is 2.67 bits per heavy atom. The Labute approximate surface area is 108 Å². The van der Waals surface area contributed by atoms with Gasteiger partial charge in [-0.25, -0.2) is 4.39 Å². The summed E-state index contributed by atoms with van der Waals surface area (Å²) in [5.74, 6) is -0.181. The maximum Gasteiger partial charge on any atom is 0.123 e. The van der Waals surface area contributed by atoms with Gasteiger partial charge in [-0.3, -0.25) is 0 Å². The van der Waals surface area contributed by atoms with Crippen LogP contribution in [-0.2, 0) is 11.3 Å². The van der Waals surface area contributed by atoms with Gasteiger partial charge in [0.15, 0.2) is 0 Å². The maximum atomic E-state index is 13.1. The van der Waals surface area contributed by atoms with Crippen LogP contribution < -0.4 is 0 Å². The molecule has 2 fully saturated rings. The van der Waals surface area contributed by atoms with E-state index in [0.717, 1.165) is 18.4 Å².